The number of hydrogen-bond donors (Lipinski definition) is 2. The normalized spacial score (nSPS) is 11.9. The molecule has 0 spiro atoms. The van der Waals surface area contributed by atoms with E-state index in [-0.39, 0.29) is 14.5 Å². The van der Waals surface area contributed by atoms with Crippen molar-refractivity contribution in [3.63, 3.8) is 0 Å². The first kappa shape index (κ1) is 14.5. The lowest BCUT2D eigenvalue weighted by Crippen LogP contribution is -2.12. The number of nitrogen functional groups attached to an aromatic ring is 1. The monoisotopic (exact) mass is 360 g/mol. The second-order valence-electron chi connectivity index (χ2n) is 4.16. The number of rotatable bonds is 3. The van der Waals surface area contributed by atoms with Gasteiger partial charge in [0.25, 0.3) is 10.0 Å². The predicted molar refractivity (Wildman–Crippen MR) is 86.7 cm³/mol. The molecule has 0 aliphatic rings. The Morgan fingerprint density at radius 2 is 2.05 bits per heavy atom. The second-order valence-corrected chi connectivity index (χ2v) is 8.54. The van der Waals surface area contributed by atoms with Gasteiger partial charge in [-0.05, 0) is 25.1 Å². The summed E-state index contributed by atoms with van der Waals surface area (Å²) in [4.78, 5) is 8.14. The molecule has 0 aliphatic carbocycles. The number of hydrogen-bond acceptors (Lipinski definition) is 7. The number of anilines is 2. The van der Waals surface area contributed by atoms with E-state index in [2.05, 4.69) is 14.7 Å². The Morgan fingerprint density at radius 3 is 2.71 bits per heavy atom. The van der Waals surface area contributed by atoms with Crippen molar-refractivity contribution in [1.82, 2.24) is 9.97 Å². The summed E-state index contributed by atoms with van der Waals surface area (Å²) >= 11 is 8.03. The first-order chi connectivity index (χ1) is 9.85. The summed E-state index contributed by atoms with van der Waals surface area (Å²) in [6, 6.07) is 5.18. The van der Waals surface area contributed by atoms with Crippen molar-refractivity contribution in [2.75, 3.05) is 10.5 Å². The molecule has 0 saturated carbocycles. The fourth-order valence-electron chi connectivity index (χ4n) is 1.76. The van der Waals surface area contributed by atoms with Crippen LogP contribution in [0.4, 0.5) is 10.3 Å². The highest BCUT2D eigenvalue weighted by molar-refractivity contribution is 7.95. The Hall–Kier alpha value is -1.42. The highest BCUT2D eigenvalue weighted by atomic mass is 35.5. The van der Waals surface area contributed by atoms with Crippen LogP contribution in [0.25, 0.3) is 10.2 Å². The lowest BCUT2D eigenvalue weighted by molar-refractivity contribution is 0.602. The maximum Gasteiger partial charge on any atom is 0.275 e. The second kappa shape index (κ2) is 5.09. The molecule has 0 bridgehead atoms. The number of sulfonamides is 1. The van der Waals surface area contributed by atoms with Crippen LogP contribution in [-0.4, -0.2) is 18.4 Å². The van der Waals surface area contributed by atoms with Gasteiger partial charge in [0.15, 0.2) is 14.5 Å². The van der Waals surface area contributed by atoms with Crippen molar-refractivity contribution in [3.05, 3.63) is 28.9 Å². The van der Waals surface area contributed by atoms with Crippen LogP contribution < -0.4 is 10.5 Å². The Balaban J connectivity index is 1.99. The minimum Gasteiger partial charge on any atom is -0.375 e. The van der Waals surface area contributed by atoms with E-state index in [1.165, 1.54) is 11.3 Å². The van der Waals surface area contributed by atoms with E-state index in [0.29, 0.717) is 16.2 Å². The number of aromatic nitrogens is 2. The molecular weight excluding hydrogens is 352 g/mol. The molecule has 2 aromatic heterocycles. The van der Waals surface area contributed by atoms with Crippen LogP contribution in [0.3, 0.4) is 0 Å². The summed E-state index contributed by atoms with van der Waals surface area (Å²) in [5.74, 6) is 0. The molecule has 0 atom stereocenters. The Kier molecular flexibility index (Phi) is 3.52. The number of nitrogens with one attached hydrogen (secondary N) is 1. The van der Waals surface area contributed by atoms with Crippen LogP contribution in [0.2, 0.25) is 5.02 Å². The van der Waals surface area contributed by atoms with Crippen LogP contribution >= 0.6 is 34.3 Å². The molecule has 0 fully saturated rings. The van der Waals surface area contributed by atoms with Gasteiger partial charge in [-0.15, -0.1) is 0 Å². The van der Waals surface area contributed by atoms with E-state index in [0.717, 1.165) is 16.0 Å². The molecule has 2 heterocycles. The predicted octanol–water partition coefficient (Wildman–Crippen LogP) is 3.10. The lowest BCUT2D eigenvalue weighted by Gasteiger charge is -2.02. The molecule has 3 N–H and O–H groups in total. The van der Waals surface area contributed by atoms with Gasteiger partial charge >= 0.3 is 0 Å². The van der Waals surface area contributed by atoms with Crippen molar-refractivity contribution in [3.8, 4) is 0 Å². The van der Waals surface area contributed by atoms with Crippen molar-refractivity contribution in [1.29, 1.82) is 0 Å². The molecule has 3 rings (SSSR count). The zero-order valence-corrected chi connectivity index (χ0v) is 13.8. The molecule has 0 amide bonds. The third-order valence-electron chi connectivity index (χ3n) is 2.59. The molecule has 6 nitrogen and oxygen atoms in total. The third-order valence-corrected chi connectivity index (χ3v) is 6.82. The van der Waals surface area contributed by atoms with Crippen molar-refractivity contribution in [2.45, 2.75) is 11.1 Å². The summed E-state index contributed by atoms with van der Waals surface area (Å²) in [5, 5.41) is 1.06. The minimum absolute atomic E-state index is 0.0947. The molecular formula is C11H9ClN4O2S3. The zero-order valence-electron chi connectivity index (χ0n) is 10.6. The first-order valence-electron chi connectivity index (χ1n) is 5.67. The fourth-order valence-corrected chi connectivity index (χ4v) is 5.43. The highest BCUT2D eigenvalue weighted by Gasteiger charge is 2.22. The molecule has 1 aromatic carbocycles. The molecule has 0 radical (unpaired) electrons. The van der Waals surface area contributed by atoms with Crippen LogP contribution in [0.15, 0.2) is 22.4 Å². The van der Waals surface area contributed by atoms with Crippen LogP contribution in [0.1, 0.15) is 5.69 Å². The quantitative estimate of drug-likeness (QED) is 0.747. The van der Waals surface area contributed by atoms with Crippen LogP contribution in [0.5, 0.6) is 0 Å². The Labute approximate surface area is 133 Å². The summed E-state index contributed by atoms with van der Waals surface area (Å²) in [7, 11) is -3.74. The maximum atomic E-state index is 12.3. The van der Waals surface area contributed by atoms with E-state index in [1.807, 2.05) is 0 Å². The van der Waals surface area contributed by atoms with Gasteiger partial charge in [0.2, 0.25) is 0 Å². The molecule has 110 valence electrons. The number of fused-ring (bicyclic) bond motifs is 1. The van der Waals surface area contributed by atoms with Crippen LogP contribution in [-0.2, 0) is 10.0 Å². The third kappa shape index (κ3) is 2.82. The topological polar surface area (TPSA) is 98.0 Å². The molecule has 21 heavy (non-hydrogen) atoms. The van der Waals surface area contributed by atoms with Gasteiger partial charge in [-0.3, -0.25) is 4.72 Å². The van der Waals surface area contributed by atoms with Crippen molar-refractivity contribution in [2.24, 2.45) is 0 Å². The van der Waals surface area contributed by atoms with Crippen molar-refractivity contribution < 1.29 is 8.42 Å². The number of nitrogens with zero attached hydrogens (tertiary/aromatic N) is 2. The van der Waals surface area contributed by atoms with E-state index < -0.39 is 10.0 Å². The van der Waals surface area contributed by atoms with Crippen molar-refractivity contribution >= 4 is 64.8 Å². The fraction of sp³-hybridized carbons (Fsp3) is 0.0909. The average molecular weight is 361 g/mol. The largest absolute Gasteiger partial charge is 0.375 e. The molecule has 3 aromatic rings. The Bertz CT molecular complexity index is 932. The maximum absolute atomic E-state index is 12.3. The number of nitrogens with two attached hydrogens (primary N) is 1. The van der Waals surface area contributed by atoms with Gasteiger partial charge in [0, 0.05) is 5.02 Å². The van der Waals surface area contributed by atoms with E-state index >= 15 is 0 Å². The molecule has 0 aliphatic heterocycles. The number of benzene rings is 1. The SMILES string of the molecule is Cc1nc(N)sc1S(=O)(=O)Nc1nc2ccc(Cl)cc2s1. The standard InChI is InChI=1S/C11H9ClN4O2S3/c1-5-9(20-10(13)14-5)21(17,18)16-11-15-7-3-2-6(12)4-8(7)19-11/h2-4H,1H3,(H2,13,14)(H,15,16). The summed E-state index contributed by atoms with van der Waals surface area (Å²) in [6.45, 7) is 1.60. The number of thiazole rings is 2. The molecule has 10 heteroatoms. The van der Waals surface area contributed by atoms with Gasteiger partial charge in [-0.25, -0.2) is 18.4 Å². The Morgan fingerprint density at radius 1 is 1.29 bits per heavy atom. The number of halogens is 1. The summed E-state index contributed by atoms with van der Waals surface area (Å²) in [5.41, 5.74) is 6.59. The van der Waals surface area contributed by atoms with Gasteiger partial charge in [-0.1, -0.05) is 34.3 Å². The summed E-state index contributed by atoms with van der Waals surface area (Å²) in [6.07, 6.45) is 0. The average Bonchev–Trinajstić information content (AvgIpc) is 2.91. The smallest absolute Gasteiger partial charge is 0.275 e. The van der Waals surface area contributed by atoms with Gasteiger partial charge in [0.1, 0.15) is 0 Å². The number of aryl methyl sites for hydroxylation is 1. The van der Waals surface area contributed by atoms with Gasteiger partial charge in [0.05, 0.1) is 15.9 Å². The van der Waals surface area contributed by atoms with Gasteiger partial charge < -0.3 is 5.73 Å². The highest BCUT2D eigenvalue weighted by Crippen LogP contribution is 2.31. The summed E-state index contributed by atoms with van der Waals surface area (Å²) < 4.78 is 28.0. The minimum atomic E-state index is -3.74. The first-order valence-corrected chi connectivity index (χ1v) is 9.16. The lowest BCUT2D eigenvalue weighted by atomic mass is 10.3. The van der Waals surface area contributed by atoms with E-state index in [9.17, 15) is 8.42 Å². The molecule has 0 unspecified atom stereocenters. The van der Waals surface area contributed by atoms with E-state index in [4.69, 9.17) is 17.3 Å². The molecule has 0 saturated heterocycles. The van der Waals surface area contributed by atoms with E-state index in [1.54, 1.807) is 25.1 Å². The van der Waals surface area contributed by atoms with Gasteiger partial charge in [-0.2, -0.15) is 0 Å². The zero-order chi connectivity index (χ0) is 15.2. The van der Waals surface area contributed by atoms with Crippen LogP contribution in [0, 0.1) is 6.92 Å².